The van der Waals surface area contributed by atoms with E-state index in [-0.39, 0.29) is 17.5 Å². The van der Waals surface area contributed by atoms with Gasteiger partial charge in [0.2, 0.25) is 10.0 Å². The van der Waals surface area contributed by atoms with Crippen molar-refractivity contribution in [3.05, 3.63) is 30.1 Å². The first-order chi connectivity index (χ1) is 8.55. The molecule has 0 aromatic heterocycles. The Morgan fingerprint density at radius 3 is 2.67 bits per heavy atom. The van der Waals surface area contributed by atoms with Gasteiger partial charge in [0.05, 0.1) is 5.75 Å². The van der Waals surface area contributed by atoms with Gasteiger partial charge in [-0.05, 0) is 56.1 Å². The minimum absolute atomic E-state index is 0.109. The number of anilines is 1. The van der Waals surface area contributed by atoms with Crippen LogP contribution in [0, 0.1) is 11.7 Å². The fourth-order valence-corrected chi connectivity index (χ4v) is 3.60. The van der Waals surface area contributed by atoms with Gasteiger partial charge >= 0.3 is 0 Å². The monoisotopic (exact) mass is 272 g/mol. The molecule has 0 amide bonds. The smallest absolute Gasteiger partial charge is 0.233 e. The minimum atomic E-state index is -3.36. The van der Waals surface area contributed by atoms with Gasteiger partial charge in [0.25, 0.3) is 0 Å². The molecule has 0 saturated carbocycles. The predicted molar refractivity (Wildman–Crippen MR) is 69.4 cm³/mol. The average molecular weight is 272 g/mol. The number of piperidine rings is 1. The lowest BCUT2D eigenvalue weighted by molar-refractivity contribution is 0.404. The molecule has 1 unspecified atom stereocenters. The minimum Gasteiger partial charge on any atom is -0.316 e. The van der Waals surface area contributed by atoms with Gasteiger partial charge in [-0.2, -0.15) is 0 Å². The SMILES string of the molecule is O=S(=O)(CC1CCCNC1)Nc1ccc(F)cc1. The molecule has 2 N–H and O–H groups in total. The van der Waals surface area contributed by atoms with E-state index in [2.05, 4.69) is 10.0 Å². The van der Waals surface area contributed by atoms with Gasteiger partial charge in [0.1, 0.15) is 5.82 Å². The molecule has 1 heterocycles. The second-order valence-electron chi connectivity index (χ2n) is 4.60. The van der Waals surface area contributed by atoms with Crippen LogP contribution in [0.25, 0.3) is 0 Å². The summed E-state index contributed by atoms with van der Waals surface area (Å²) in [5.74, 6) is -0.122. The Balaban J connectivity index is 1.96. The van der Waals surface area contributed by atoms with Crippen molar-refractivity contribution in [3.63, 3.8) is 0 Å². The normalized spacial score (nSPS) is 20.6. The molecule has 0 spiro atoms. The molecule has 1 saturated heterocycles. The van der Waals surface area contributed by atoms with Gasteiger partial charge in [0.15, 0.2) is 0 Å². The molecule has 18 heavy (non-hydrogen) atoms. The molecule has 0 radical (unpaired) electrons. The van der Waals surface area contributed by atoms with Crippen molar-refractivity contribution in [2.24, 2.45) is 5.92 Å². The van der Waals surface area contributed by atoms with E-state index in [9.17, 15) is 12.8 Å². The number of hydrogen-bond acceptors (Lipinski definition) is 3. The van der Waals surface area contributed by atoms with Crippen LogP contribution in [0.5, 0.6) is 0 Å². The Morgan fingerprint density at radius 1 is 1.33 bits per heavy atom. The number of halogens is 1. The topological polar surface area (TPSA) is 58.2 Å². The highest BCUT2D eigenvalue weighted by atomic mass is 32.2. The lowest BCUT2D eigenvalue weighted by Crippen LogP contribution is -2.35. The maximum atomic E-state index is 12.7. The Hall–Kier alpha value is -1.14. The fourth-order valence-electron chi connectivity index (χ4n) is 2.12. The third-order valence-corrected chi connectivity index (χ3v) is 4.43. The Kier molecular flexibility index (Phi) is 4.19. The van der Waals surface area contributed by atoms with E-state index in [1.165, 1.54) is 24.3 Å². The third kappa shape index (κ3) is 3.96. The average Bonchev–Trinajstić information content (AvgIpc) is 2.32. The van der Waals surface area contributed by atoms with Crippen LogP contribution in [-0.2, 0) is 10.0 Å². The van der Waals surface area contributed by atoms with Crippen LogP contribution in [0.1, 0.15) is 12.8 Å². The van der Waals surface area contributed by atoms with Crippen LogP contribution in [0.3, 0.4) is 0 Å². The van der Waals surface area contributed by atoms with Crippen molar-refractivity contribution >= 4 is 15.7 Å². The molecular weight excluding hydrogens is 255 g/mol. The summed E-state index contributed by atoms with van der Waals surface area (Å²) in [6.45, 7) is 1.70. The van der Waals surface area contributed by atoms with Gasteiger partial charge in [-0.1, -0.05) is 0 Å². The molecule has 1 atom stereocenters. The molecule has 1 aliphatic rings. The molecule has 0 aliphatic carbocycles. The van der Waals surface area contributed by atoms with E-state index in [1.54, 1.807) is 0 Å². The van der Waals surface area contributed by atoms with Crippen molar-refractivity contribution in [1.29, 1.82) is 0 Å². The second-order valence-corrected chi connectivity index (χ2v) is 6.37. The van der Waals surface area contributed by atoms with Gasteiger partial charge < -0.3 is 5.32 Å². The molecule has 100 valence electrons. The predicted octanol–water partition coefficient (Wildman–Crippen LogP) is 1.57. The summed E-state index contributed by atoms with van der Waals surface area (Å²) in [4.78, 5) is 0. The van der Waals surface area contributed by atoms with Crippen molar-refractivity contribution in [2.75, 3.05) is 23.6 Å². The molecule has 1 aliphatic heterocycles. The number of sulfonamides is 1. The summed E-state index contributed by atoms with van der Waals surface area (Å²) in [5, 5.41) is 3.19. The summed E-state index contributed by atoms with van der Waals surface area (Å²) in [6.07, 6.45) is 1.94. The van der Waals surface area contributed by atoms with Crippen LogP contribution < -0.4 is 10.0 Å². The lowest BCUT2D eigenvalue weighted by atomic mass is 10.0. The highest BCUT2D eigenvalue weighted by Crippen LogP contribution is 2.15. The third-order valence-electron chi connectivity index (χ3n) is 2.97. The highest BCUT2D eigenvalue weighted by Gasteiger charge is 2.21. The number of rotatable bonds is 4. The van der Waals surface area contributed by atoms with Crippen molar-refractivity contribution in [3.8, 4) is 0 Å². The zero-order valence-electron chi connectivity index (χ0n) is 10.0. The summed E-state index contributed by atoms with van der Waals surface area (Å²) in [7, 11) is -3.36. The van der Waals surface area contributed by atoms with Crippen molar-refractivity contribution in [2.45, 2.75) is 12.8 Å². The van der Waals surface area contributed by atoms with E-state index in [4.69, 9.17) is 0 Å². The zero-order chi connectivity index (χ0) is 13.0. The molecule has 0 bridgehead atoms. The standard InChI is InChI=1S/C12H17FN2O2S/c13-11-3-5-12(6-4-11)15-18(16,17)9-10-2-1-7-14-8-10/h3-6,10,14-15H,1-2,7-9H2. The summed E-state index contributed by atoms with van der Waals surface area (Å²) in [6, 6.07) is 5.32. The van der Waals surface area contributed by atoms with E-state index < -0.39 is 10.0 Å². The van der Waals surface area contributed by atoms with E-state index in [0.717, 1.165) is 25.9 Å². The van der Waals surface area contributed by atoms with Crippen molar-refractivity contribution in [1.82, 2.24) is 5.32 Å². The first-order valence-corrected chi connectivity index (χ1v) is 7.67. The van der Waals surface area contributed by atoms with E-state index >= 15 is 0 Å². The summed E-state index contributed by atoms with van der Waals surface area (Å²) >= 11 is 0. The Morgan fingerprint density at radius 2 is 2.06 bits per heavy atom. The Labute approximate surface area is 107 Å². The van der Waals surface area contributed by atoms with Crippen LogP contribution in [0.2, 0.25) is 0 Å². The summed E-state index contributed by atoms with van der Waals surface area (Å²) in [5.41, 5.74) is 0.403. The molecule has 6 heteroatoms. The Bertz CT molecular complexity index is 481. The second kappa shape index (κ2) is 5.67. The van der Waals surface area contributed by atoms with Crippen LogP contribution in [0.4, 0.5) is 10.1 Å². The molecule has 1 aromatic rings. The molecule has 1 fully saturated rings. The maximum absolute atomic E-state index is 12.7. The highest BCUT2D eigenvalue weighted by molar-refractivity contribution is 7.92. The van der Waals surface area contributed by atoms with Gasteiger partial charge in [-0.3, -0.25) is 4.72 Å². The van der Waals surface area contributed by atoms with Gasteiger partial charge in [-0.15, -0.1) is 0 Å². The first-order valence-electron chi connectivity index (χ1n) is 6.02. The largest absolute Gasteiger partial charge is 0.316 e. The number of nitrogens with one attached hydrogen (secondary N) is 2. The lowest BCUT2D eigenvalue weighted by Gasteiger charge is -2.22. The van der Waals surface area contributed by atoms with Gasteiger partial charge in [0, 0.05) is 5.69 Å². The van der Waals surface area contributed by atoms with E-state index in [0.29, 0.717) is 5.69 Å². The molecule has 2 rings (SSSR count). The quantitative estimate of drug-likeness (QED) is 0.874. The van der Waals surface area contributed by atoms with E-state index in [1.807, 2.05) is 0 Å². The zero-order valence-corrected chi connectivity index (χ0v) is 10.8. The first kappa shape index (κ1) is 13.3. The molecule has 4 nitrogen and oxygen atoms in total. The summed E-state index contributed by atoms with van der Waals surface area (Å²) < 4.78 is 39.0. The van der Waals surface area contributed by atoms with Crippen LogP contribution >= 0.6 is 0 Å². The van der Waals surface area contributed by atoms with Crippen LogP contribution in [0.15, 0.2) is 24.3 Å². The maximum Gasteiger partial charge on any atom is 0.233 e. The molecular formula is C12H17FN2O2S. The van der Waals surface area contributed by atoms with Gasteiger partial charge in [-0.25, -0.2) is 12.8 Å². The fraction of sp³-hybridized carbons (Fsp3) is 0.500. The number of benzene rings is 1. The number of hydrogen-bond donors (Lipinski definition) is 2. The van der Waals surface area contributed by atoms with Crippen molar-refractivity contribution < 1.29 is 12.8 Å². The molecule has 1 aromatic carbocycles. The van der Waals surface area contributed by atoms with Crippen LogP contribution in [-0.4, -0.2) is 27.3 Å².